The van der Waals surface area contributed by atoms with Gasteiger partial charge in [-0.15, -0.1) is 0 Å². The Kier molecular flexibility index (Phi) is 5.91. The van der Waals surface area contributed by atoms with Gasteiger partial charge in [0.15, 0.2) is 10.3 Å². The van der Waals surface area contributed by atoms with Crippen molar-refractivity contribution in [3.63, 3.8) is 0 Å². The van der Waals surface area contributed by atoms with Crippen LogP contribution in [0.5, 0.6) is 5.75 Å². The molecule has 0 saturated carbocycles. The molecule has 1 heterocycles. The largest absolute Gasteiger partial charge is 1.00 e. The summed E-state index contributed by atoms with van der Waals surface area (Å²) >= 11 is 5.90. The Morgan fingerprint density at radius 2 is 2.10 bits per heavy atom. The van der Waals surface area contributed by atoms with E-state index in [-0.39, 0.29) is 36.2 Å². The van der Waals surface area contributed by atoms with Crippen LogP contribution in [-0.2, 0) is 19.2 Å². The second-order valence-corrected chi connectivity index (χ2v) is 6.11. The fourth-order valence-electron chi connectivity index (χ4n) is 1.83. The summed E-state index contributed by atoms with van der Waals surface area (Å²) in [6.45, 7) is 3.10. The normalized spacial score (nSPS) is 20.5. The van der Waals surface area contributed by atoms with Crippen LogP contribution in [0.25, 0.3) is 5.14 Å². The second kappa shape index (κ2) is 6.50. The van der Waals surface area contributed by atoms with Gasteiger partial charge in [-0.05, 0) is 18.2 Å². The minimum Gasteiger partial charge on any atom is -0.540 e. The van der Waals surface area contributed by atoms with Gasteiger partial charge in [0.25, 0.3) is 0 Å². The smallest absolute Gasteiger partial charge is 0.540 e. The first-order chi connectivity index (χ1) is 8.66. The fourth-order valence-corrected chi connectivity index (χ4v) is 2.32. The van der Waals surface area contributed by atoms with Crippen LogP contribution in [0, 0.1) is 0 Å². The van der Waals surface area contributed by atoms with Gasteiger partial charge in [0.1, 0.15) is 11.9 Å². The summed E-state index contributed by atoms with van der Waals surface area (Å²) in [6, 6.07) is 4.97. The third-order valence-electron chi connectivity index (χ3n) is 2.48. The van der Waals surface area contributed by atoms with Crippen LogP contribution in [0.3, 0.4) is 0 Å². The molecule has 20 heavy (non-hydrogen) atoms. The van der Waals surface area contributed by atoms with Crippen molar-refractivity contribution in [1.29, 1.82) is 0 Å². The fraction of sp³-hybridized carbons (Fsp3) is 0.455. The molecule has 1 aromatic rings. The molecular formula is C11H13ClNNaO5S. The Balaban J connectivity index is 0.00000200. The van der Waals surface area contributed by atoms with E-state index in [1.54, 1.807) is 32.0 Å². The average molecular weight is 330 g/mol. The van der Waals surface area contributed by atoms with Gasteiger partial charge in [-0.25, -0.2) is 8.42 Å². The SMILES string of the molecule is CC1(C)Oc2ccc(Cl)cc2[C@@H](COS([NH-])(=O)=O)O1.[Na+]. The Morgan fingerprint density at radius 3 is 2.70 bits per heavy atom. The topological polar surface area (TPSA) is 85.6 Å². The number of rotatable bonds is 3. The maximum absolute atomic E-state index is 10.7. The molecule has 1 aromatic carbocycles. The predicted octanol–water partition coefficient (Wildman–Crippen LogP) is -0.156. The van der Waals surface area contributed by atoms with Crippen molar-refractivity contribution in [2.75, 3.05) is 6.61 Å². The maximum atomic E-state index is 10.7. The molecule has 1 N–H and O–H groups in total. The minimum absolute atomic E-state index is 0. The molecule has 106 valence electrons. The minimum atomic E-state index is -4.28. The molecule has 0 bridgehead atoms. The average Bonchev–Trinajstić information content (AvgIpc) is 2.25. The molecule has 9 heteroatoms. The molecule has 2 rings (SSSR count). The summed E-state index contributed by atoms with van der Waals surface area (Å²) < 4.78 is 37.2. The van der Waals surface area contributed by atoms with Crippen LogP contribution in [0.4, 0.5) is 0 Å². The summed E-state index contributed by atoms with van der Waals surface area (Å²) in [7, 11) is -4.28. The van der Waals surface area contributed by atoms with Gasteiger partial charge < -0.3 is 14.6 Å². The van der Waals surface area contributed by atoms with Crippen molar-refractivity contribution in [2.45, 2.75) is 25.7 Å². The third kappa shape index (κ3) is 4.85. The number of hydrogen-bond acceptors (Lipinski definition) is 5. The summed E-state index contributed by atoms with van der Waals surface area (Å²) in [6.07, 6.45) is -0.669. The first-order valence-electron chi connectivity index (χ1n) is 5.46. The summed E-state index contributed by atoms with van der Waals surface area (Å²) in [5.41, 5.74) is 0.593. The van der Waals surface area contributed by atoms with E-state index in [2.05, 4.69) is 4.18 Å². The van der Waals surface area contributed by atoms with E-state index in [1.165, 1.54) is 0 Å². The van der Waals surface area contributed by atoms with E-state index in [1.807, 2.05) is 0 Å². The second-order valence-electron chi connectivity index (χ2n) is 4.53. The Hall–Kier alpha value is 0.140. The van der Waals surface area contributed by atoms with E-state index < -0.39 is 22.2 Å². The number of halogens is 1. The van der Waals surface area contributed by atoms with E-state index in [9.17, 15) is 8.42 Å². The van der Waals surface area contributed by atoms with Crippen LogP contribution in [0.1, 0.15) is 25.5 Å². The van der Waals surface area contributed by atoms with Crippen molar-refractivity contribution in [2.24, 2.45) is 0 Å². The van der Waals surface area contributed by atoms with Crippen LogP contribution in [0.15, 0.2) is 18.2 Å². The van der Waals surface area contributed by atoms with E-state index in [0.717, 1.165) is 0 Å². The van der Waals surface area contributed by atoms with Crippen LogP contribution in [-0.4, -0.2) is 20.8 Å². The Bertz CT molecular complexity index is 592. The predicted molar refractivity (Wildman–Crippen MR) is 69.2 cm³/mol. The molecule has 1 aliphatic rings. The molecule has 0 saturated heterocycles. The van der Waals surface area contributed by atoms with Gasteiger partial charge in [-0.1, -0.05) is 11.6 Å². The van der Waals surface area contributed by atoms with Gasteiger partial charge in [-0.2, -0.15) is 0 Å². The van der Waals surface area contributed by atoms with Crippen LogP contribution in [0.2, 0.25) is 5.02 Å². The van der Waals surface area contributed by atoms with Gasteiger partial charge >= 0.3 is 29.6 Å². The van der Waals surface area contributed by atoms with Gasteiger partial charge in [-0.3, -0.25) is 4.18 Å². The van der Waals surface area contributed by atoms with E-state index >= 15 is 0 Å². The molecule has 0 amide bonds. The molecule has 0 spiro atoms. The molecule has 0 aliphatic carbocycles. The van der Waals surface area contributed by atoms with Crippen LogP contribution >= 0.6 is 11.6 Å². The zero-order chi connectivity index (χ0) is 14.3. The molecule has 0 aromatic heterocycles. The quantitative estimate of drug-likeness (QED) is 0.720. The first kappa shape index (κ1) is 18.2. The summed E-state index contributed by atoms with van der Waals surface area (Å²) in [4.78, 5) is 0. The van der Waals surface area contributed by atoms with Crippen molar-refractivity contribution < 1.29 is 51.6 Å². The number of hydrogen-bond donors (Lipinski definition) is 0. The number of ether oxygens (including phenoxy) is 2. The van der Waals surface area contributed by atoms with Gasteiger partial charge in [0.2, 0.25) is 5.79 Å². The number of fused-ring (bicyclic) bond motifs is 1. The Labute approximate surface area is 145 Å². The van der Waals surface area contributed by atoms with Crippen molar-refractivity contribution in [3.05, 3.63) is 33.9 Å². The van der Waals surface area contributed by atoms with Crippen molar-refractivity contribution in [3.8, 4) is 5.75 Å². The summed E-state index contributed by atoms with van der Waals surface area (Å²) in [5, 5.41) is 7.19. The molecular weight excluding hydrogens is 317 g/mol. The molecule has 1 atom stereocenters. The number of nitrogens with one attached hydrogen (secondary N) is 1. The molecule has 0 fully saturated rings. The standard InChI is InChI=1S/C11H13ClNO5S.Na/c1-11(2)17-9-4-3-7(12)5-8(9)10(18-11)6-16-19(13,14)15;/h3-5,10H,6H2,1-2H3,(H-,13,14,15);/q-1;+1/t10-;/m1./s1. The Morgan fingerprint density at radius 1 is 1.45 bits per heavy atom. The first-order valence-corrected chi connectivity index (χ1v) is 7.25. The zero-order valence-electron chi connectivity index (χ0n) is 11.3. The molecule has 0 radical (unpaired) electrons. The molecule has 0 unspecified atom stereocenters. The van der Waals surface area contributed by atoms with Crippen molar-refractivity contribution >= 4 is 21.9 Å². The van der Waals surface area contributed by atoms with Gasteiger partial charge in [0, 0.05) is 24.4 Å². The maximum Gasteiger partial charge on any atom is 1.00 e. The van der Waals surface area contributed by atoms with E-state index in [4.69, 9.17) is 26.2 Å². The van der Waals surface area contributed by atoms with Gasteiger partial charge in [0.05, 0.1) is 6.61 Å². The molecule has 6 nitrogen and oxygen atoms in total. The van der Waals surface area contributed by atoms with Crippen LogP contribution < -0.4 is 34.3 Å². The third-order valence-corrected chi connectivity index (χ3v) is 3.16. The number of benzene rings is 1. The monoisotopic (exact) mass is 329 g/mol. The van der Waals surface area contributed by atoms with E-state index in [0.29, 0.717) is 16.3 Å². The zero-order valence-corrected chi connectivity index (χ0v) is 14.9. The van der Waals surface area contributed by atoms with Crippen molar-refractivity contribution in [1.82, 2.24) is 0 Å². The molecule has 1 aliphatic heterocycles. The summed E-state index contributed by atoms with van der Waals surface area (Å²) in [5.74, 6) is -0.364.